The number of benzene rings is 1. The molecule has 0 aliphatic heterocycles. The van der Waals surface area contributed by atoms with Crippen molar-refractivity contribution in [2.24, 2.45) is 5.41 Å². The molecule has 1 amide bonds. The Morgan fingerprint density at radius 2 is 1.87 bits per heavy atom. The van der Waals surface area contributed by atoms with Gasteiger partial charge >= 0.3 is 0 Å². The second-order valence-electron chi connectivity index (χ2n) is 6.30. The Kier molecular flexibility index (Phi) is 5.18. The molecule has 0 aliphatic carbocycles. The zero-order chi connectivity index (χ0) is 17.0. The molecule has 1 heterocycles. The van der Waals surface area contributed by atoms with Crippen LogP contribution in [0, 0.1) is 12.3 Å². The Morgan fingerprint density at radius 1 is 1.26 bits per heavy atom. The van der Waals surface area contributed by atoms with Crippen LogP contribution >= 0.6 is 0 Å². The normalized spacial score (nSPS) is 11.5. The fourth-order valence-corrected chi connectivity index (χ4v) is 2.33. The summed E-state index contributed by atoms with van der Waals surface area (Å²) in [5, 5.41) is 22.9. The van der Waals surface area contributed by atoms with Crippen molar-refractivity contribution in [1.29, 1.82) is 0 Å². The average Bonchev–Trinajstić information content (AvgIpc) is 3.00. The van der Waals surface area contributed by atoms with Gasteiger partial charge in [-0.15, -0.1) is 0 Å². The first-order chi connectivity index (χ1) is 10.9. The quantitative estimate of drug-likeness (QED) is 0.840. The molecule has 23 heavy (non-hydrogen) atoms. The van der Waals surface area contributed by atoms with Crippen molar-refractivity contribution in [2.75, 3.05) is 26.8 Å². The molecular formula is C17H23N3O3. The second-order valence-corrected chi connectivity index (χ2v) is 6.30. The van der Waals surface area contributed by atoms with Crippen LogP contribution < -0.4 is 0 Å². The molecule has 0 aliphatic rings. The molecule has 0 bridgehead atoms. The zero-order valence-electron chi connectivity index (χ0n) is 13.7. The van der Waals surface area contributed by atoms with Crippen molar-refractivity contribution in [3.8, 4) is 5.69 Å². The highest BCUT2D eigenvalue weighted by atomic mass is 16.3. The Bertz CT molecular complexity index is 660. The van der Waals surface area contributed by atoms with E-state index in [0.29, 0.717) is 5.56 Å². The molecular weight excluding hydrogens is 294 g/mol. The van der Waals surface area contributed by atoms with E-state index < -0.39 is 5.41 Å². The van der Waals surface area contributed by atoms with Crippen LogP contribution in [0.25, 0.3) is 5.69 Å². The van der Waals surface area contributed by atoms with E-state index in [1.54, 1.807) is 37.0 Å². The number of aromatic nitrogens is 2. The van der Waals surface area contributed by atoms with Gasteiger partial charge in [-0.05, 0) is 36.8 Å². The fraction of sp³-hybridized carbons (Fsp3) is 0.412. The lowest BCUT2D eigenvalue weighted by Crippen LogP contribution is -2.41. The lowest BCUT2D eigenvalue weighted by atomic mass is 9.92. The highest BCUT2D eigenvalue weighted by Crippen LogP contribution is 2.18. The first-order valence-corrected chi connectivity index (χ1v) is 7.47. The van der Waals surface area contributed by atoms with E-state index in [1.165, 1.54) is 4.90 Å². The number of hydrogen-bond acceptors (Lipinski definition) is 4. The number of nitrogens with zero attached hydrogens (tertiary/aromatic N) is 3. The molecule has 0 unspecified atom stereocenters. The van der Waals surface area contributed by atoms with E-state index in [2.05, 4.69) is 5.10 Å². The van der Waals surface area contributed by atoms with Crippen LogP contribution in [0.5, 0.6) is 0 Å². The van der Waals surface area contributed by atoms with Gasteiger partial charge in [0.25, 0.3) is 5.91 Å². The SMILES string of the molecule is Cc1cnn(-c2ccc(C(=O)N(C)CC(C)(CO)CO)cc2)c1. The van der Waals surface area contributed by atoms with E-state index in [-0.39, 0.29) is 25.7 Å². The highest BCUT2D eigenvalue weighted by molar-refractivity contribution is 5.94. The van der Waals surface area contributed by atoms with E-state index in [0.717, 1.165) is 11.3 Å². The highest BCUT2D eigenvalue weighted by Gasteiger charge is 2.26. The molecule has 0 saturated heterocycles. The second kappa shape index (κ2) is 6.93. The molecule has 0 saturated carbocycles. The van der Waals surface area contributed by atoms with Crippen LogP contribution in [0.2, 0.25) is 0 Å². The molecule has 0 atom stereocenters. The third-order valence-electron chi connectivity index (χ3n) is 3.82. The minimum absolute atomic E-state index is 0.152. The summed E-state index contributed by atoms with van der Waals surface area (Å²) in [6, 6.07) is 7.18. The number of aliphatic hydroxyl groups excluding tert-OH is 2. The van der Waals surface area contributed by atoms with Gasteiger partial charge in [-0.3, -0.25) is 4.79 Å². The topological polar surface area (TPSA) is 78.6 Å². The maximum atomic E-state index is 12.4. The van der Waals surface area contributed by atoms with Crippen LogP contribution in [-0.2, 0) is 0 Å². The van der Waals surface area contributed by atoms with Crippen molar-refractivity contribution in [1.82, 2.24) is 14.7 Å². The third kappa shape index (κ3) is 3.97. The van der Waals surface area contributed by atoms with Gasteiger partial charge in [0.05, 0.1) is 25.1 Å². The van der Waals surface area contributed by atoms with Gasteiger partial charge in [0.2, 0.25) is 0 Å². The standard InChI is InChI=1S/C17H23N3O3/c1-13-8-18-20(9-13)15-6-4-14(5-7-15)16(23)19(3)10-17(2,11-21)12-22/h4-9,21-22H,10-12H2,1-3H3. The predicted molar refractivity (Wildman–Crippen MR) is 87.5 cm³/mol. The molecule has 0 spiro atoms. The van der Waals surface area contributed by atoms with Crippen LogP contribution in [0.3, 0.4) is 0 Å². The zero-order valence-corrected chi connectivity index (χ0v) is 13.7. The number of rotatable bonds is 6. The van der Waals surface area contributed by atoms with Crippen LogP contribution in [0.4, 0.5) is 0 Å². The summed E-state index contributed by atoms with van der Waals surface area (Å²) in [6.07, 6.45) is 3.69. The maximum absolute atomic E-state index is 12.4. The minimum atomic E-state index is -0.711. The van der Waals surface area contributed by atoms with Crippen molar-refractivity contribution in [3.05, 3.63) is 47.8 Å². The van der Waals surface area contributed by atoms with E-state index in [4.69, 9.17) is 0 Å². The summed E-state index contributed by atoms with van der Waals surface area (Å²) in [4.78, 5) is 14.0. The maximum Gasteiger partial charge on any atom is 0.253 e. The van der Waals surface area contributed by atoms with Gasteiger partial charge in [0.1, 0.15) is 0 Å². The van der Waals surface area contributed by atoms with Crippen LogP contribution in [0.15, 0.2) is 36.7 Å². The molecule has 6 nitrogen and oxygen atoms in total. The van der Waals surface area contributed by atoms with Crippen LogP contribution in [-0.4, -0.2) is 57.6 Å². The largest absolute Gasteiger partial charge is 0.396 e. The van der Waals surface area contributed by atoms with E-state index in [9.17, 15) is 15.0 Å². The van der Waals surface area contributed by atoms with Gasteiger partial charge < -0.3 is 15.1 Å². The van der Waals surface area contributed by atoms with Crippen molar-refractivity contribution in [3.63, 3.8) is 0 Å². The number of carbonyl (C=O) groups is 1. The third-order valence-corrected chi connectivity index (χ3v) is 3.82. The fourth-order valence-electron chi connectivity index (χ4n) is 2.33. The lowest BCUT2D eigenvalue weighted by Gasteiger charge is -2.30. The molecule has 2 N–H and O–H groups in total. The van der Waals surface area contributed by atoms with E-state index in [1.807, 2.05) is 25.3 Å². The molecule has 2 aromatic rings. The van der Waals surface area contributed by atoms with Gasteiger partial charge in [0, 0.05) is 30.8 Å². The van der Waals surface area contributed by atoms with Gasteiger partial charge in [-0.1, -0.05) is 6.92 Å². The summed E-state index contributed by atoms with van der Waals surface area (Å²) in [6.45, 7) is 3.62. The Hall–Kier alpha value is -2.18. The van der Waals surface area contributed by atoms with Gasteiger partial charge in [0.15, 0.2) is 0 Å². The number of hydrogen-bond donors (Lipinski definition) is 2. The first kappa shape index (κ1) is 17.2. The Morgan fingerprint density at radius 3 is 2.35 bits per heavy atom. The Labute approximate surface area is 136 Å². The lowest BCUT2D eigenvalue weighted by molar-refractivity contribution is 0.0366. The summed E-state index contributed by atoms with van der Waals surface area (Å²) in [7, 11) is 1.66. The summed E-state index contributed by atoms with van der Waals surface area (Å²) < 4.78 is 1.75. The van der Waals surface area contributed by atoms with Crippen molar-refractivity contribution < 1.29 is 15.0 Å². The predicted octanol–water partition coefficient (Wildman–Crippen LogP) is 1.24. The smallest absolute Gasteiger partial charge is 0.253 e. The molecule has 0 radical (unpaired) electrons. The summed E-state index contributed by atoms with van der Waals surface area (Å²) in [5.74, 6) is -0.152. The minimum Gasteiger partial charge on any atom is -0.396 e. The van der Waals surface area contributed by atoms with E-state index >= 15 is 0 Å². The summed E-state index contributed by atoms with van der Waals surface area (Å²) >= 11 is 0. The number of aliphatic hydroxyl groups is 2. The first-order valence-electron chi connectivity index (χ1n) is 7.47. The van der Waals surface area contributed by atoms with Crippen molar-refractivity contribution >= 4 is 5.91 Å². The van der Waals surface area contributed by atoms with Crippen LogP contribution in [0.1, 0.15) is 22.8 Å². The molecule has 2 rings (SSSR count). The molecule has 1 aromatic carbocycles. The molecule has 1 aromatic heterocycles. The monoisotopic (exact) mass is 317 g/mol. The van der Waals surface area contributed by atoms with Crippen molar-refractivity contribution in [2.45, 2.75) is 13.8 Å². The number of carbonyl (C=O) groups excluding carboxylic acids is 1. The molecule has 0 fully saturated rings. The average molecular weight is 317 g/mol. The van der Waals surface area contributed by atoms with Gasteiger partial charge in [-0.25, -0.2) is 4.68 Å². The number of aryl methyl sites for hydroxylation is 1. The molecule has 124 valence electrons. The van der Waals surface area contributed by atoms with Gasteiger partial charge in [-0.2, -0.15) is 5.10 Å². The number of amides is 1. The summed E-state index contributed by atoms with van der Waals surface area (Å²) in [5.41, 5.74) is 1.79. The molecule has 6 heteroatoms. The Balaban J connectivity index is 2.11.